The van der Waals surface area contributed by atoms with E-state index in [2.05, 4.69) is 10.2 Å². The monoisotopic (exact) mass is 388 g/mol. The van der Waals surface area contributed by atoms with E-state index in [0.29, 0.717) is 23.6 Å². The average molecular weight is 389 g/mol. The molecule has 26 heavy (non-hydrogen) atoms. The molecule has 144 valence electrons. The van der Waals surface area contributed by atoms with Gasteiger partial charge in [-0.1, -0.05) is 18.0 Å². The number of hydrogen-bond acceptors (Lipinski definition) is 2. The maximum atomic E-state index is 12.9. The van der Waals surface area contributed by atoms with Crippen molar-refractivity contribution in [2.24, 2.45) is 11.8 Å². The van der Waals surface area contributed by atoms with Gasteiger partial charge in [-0.3, -0.25) is 4.79 Å². The number of piperidine rings is 1. The summed E-state index contributed by atoms with van der Waals surface area (Å²) in [6.07, 6.45) is 0.183. The molecule has 0 aromatic heterocycles. The van der Waals surface area contributed by atoms with Gasteiger partial charge in [0, 0.05) is 24.7 Å². The second-order valence-corrected chi connectivity index (χ2v) is 7.71. The van der Waals surface area contributed by atoms with Crippen molar-refractivity contribution in [1.29, 1.82) is 0 Å². The van der Waals surface area contributed by atoms with Crippen LogP contribution in [0.5, 0.6) is 0 Å². The van der Waals surface area contributed by atoms with Crippen LogP contribution in [0.4, 0.5) is 24.5 Å². The zero-order valence-corrected chi connectivity index (χ0v) is 15.4. The lowest BCUT2D eigenvalue weighted by molar-refractivity contribution is -0.185. The zero-order chi connectivity index (χ0) is 18.7. The summed E-state index contributed by atoms with van der Waals surface area (Å²) in [4.78, 5) is 14.6. The Labute approximate surface area is 156 Å². The molecule has 2 fully saturated rings. The number of carbonyl (C=O) groups is 1. The lowest BCUT2D eigenvalue weighted by Gasteiger charge is -2.30. The van der Waals surface area contributed by atoms with Crippen LogP contribution in [0, 0.1) is 11.8 Å². The molecular formula is C19H24ClF3N2O. The summed E-state index contributed by atoms with van der Waals surface area (Å²) >= 11 is 6.37. The van der Waals surface area contributed by atoms with Crippen molar-refractivity contribution < 1.29 is 18.0 Å². The van der Waals surface area contributed by atoms with Gasteiger partial charge < -0.3 is 10.2 Å². The van der Waals surface area contributed by atoms with Gasteiger partial charge in [-0.2, -0.15) is 13.2 Å². The number of hydrogen-bond donors (Lipinski definition) is 1. The van der Waals surface area contributed by atoms with E-state index < -0.39 is 18.0 Å². The molecule has 1 aromatic carbocycles. The summed E-state index contributed by atoms with van der Waals surface area (Å²) in [6.45, 7) is 1.93. The van der Waals surface area contributed by atoms with Crippen molar-refractivity contribution in [3.63, 3.8) is 0 Å². The molecule has 0 bridgehead atoms. The predicted molar refractivity (Wildman–Crippen MR) is 97.6 cm³/mol. The second kappa shape index (κ2) is 8.07. The third-order valence-electron chi connectivity index (χ3n) is 5.42. The lowest BCUT2D eigenvalue weighted by Crippen LogP contribution is -2.34. The number of amides is 1. The quantitative estimate of drug-likeness (QED) is 0.727. The Balaban J connectivity index is 1.63. The highest BCUT2D eigenvalue weighted by molar-refractivity contribution is 6.33. The van der Waals surface area contributed by atoms with E-state index in [-0.39, 0.29) is 18.7 Å². The number of benzene rings is 1. The molecule has 1 aliphatic heterocycles. The number of rotatable bonds is 3. The zero-order valence-electron chi connectivity index (χ0n) is 14.6. The van der Waals surface area contributed by atoms with Gasteiger partial charge in [0.15, 0.2) is 0 Å². The Morgan fingerprint density at radius 2 is 1.85 bits per heavy atom. The van der Waals surface area contributed by atoms with E-state index in [1.165, 1.54) is 6.42 Å². The second-order valence-electron chi connectivity index (χ2n) is 7.31. The molecule has 0 radical (unpaired) electrons. The van der Waals surface area contributed by atoms with Crippen LogP contribution in [0.15, 0.2) is 18.2 Å². The van der Waals surface area contributed by atoms with E-state index in [0.717, 1.165) is 31.6 Å². The minimum absolute atomic E-state index is 0.115. The van der Waals surface area contributed by atoms with Crippen LogP contribution in [-0.2, 0) is 4.79 Å². The fourth-order valence-electron chi connectivity index (χ4n) is 3.95. The van der Waals surface area contributed by atoms with Gasteiger partial charge in [-0.05, 0) is 56.7 Å². The van der Waals surface area contributed by atoms with Crippen molar-refractivity contribution in [3.8, 4) is 0 Å². The normalized spacial score (nSPS) is 24.4. The summed E-state index contributed by atoms with van der Waals surface area (Å²) < 4.78 is 38.8. The Kier molecular flexibility index (Phi) is 6.00. The first-order valence-corrected chi connectivity index (χ1v) is 9.64. The van der Waals surface area contributed by atoms with Gasteiger partial charge in [0.05, 0.1) is 16.6 Å². The molecule has 1 aromatic rings. The third-order valence-corrected chi connectivity index (χ3v) is 5.72. The summed E-state index contributed by atoms with van der Waals surface area (Å²) in [5.74, 6) is -2.33. The number of nitrogens with zero attached hydrogens (tertiary/aromatic N) is 1. The van der Waals surface area contributed by atoms with Crippen LogP contribution < -0.4 is 10.2 Å². The third kappa shape index (κ3) is 4.64. The van der Waals surface area contributed by atoms with Crippen molar-refractivity contribution in [2.75, 3.05) is 23.3 Å². The van der Waals surface area contributed by atoms with E-state index in [4.69, 9.17) is 11.6 Å². The van der Waals surface area contributed by atoms with Crippen molar-refractivity contribution in [3.05, 3.63) is 23.2 Å². The van der Waals surface area contributed by atoms with Crippen LogP contribution in [0.25, 0.3) is 0 Å². The molecule has 0 spiro atoms. The van der Waals surface area contributed by atoms with Gasteiger partial charge in [-0.25, -0.2) is 0 Å². The Morgan fingerprint density at radius 3 is 2.50 bits per heavy atom. The Bertz CT molecular complexity index is 644. The molecule has 1 saturated carbocycles. The summed E-state index contributed by atoms with van der Waals surface area (Å²) in [6, 6.07) is 5.34. The standard InChI is InChI=1S/C19H24ClF3N2O/c20-16-12-15(7-8-17(16)25-9-2-1-3-10-25)24-18(26)13-5-4-6-14(11-13)19(21,22)23/h7-8,12-14H,1-6,9-11H2,(H,24,26). The van der Waals surface area contributed by atoms with Gasteiger partial charge in [0.1, 0.15) is 0 Å². The Morgan fingerprint density at radius 1 is 1.12 bits per heavy atom. The number of alkyl halides is 3. The maximum absolute atomic E-state index is 12.9. The summed E-state index contributed by atoms with van der Waals surface area (Å²) in [7, 11) is 0. The van der Waals surface area contributed by atoms with E-state index >= 15 is 0 Å². The van der Waals surface area contributed by atoms with Crippen LogP contribution >= 0.6 is 11.6 Å². The number of halogens is 4. The highest BCUT2D eigenvalue weighted by atomic mass is 35.5. The first-order valence-electron chi connectivity index (χ1n) is 9.26. The van der Waals surface area contributed by atoms with Crippen molar-refractivity contribution >= 4 is 28.9 Å². The molecule has 1 heterocycles. The smallest absolute Gasteiger partial charge is 0.370 e. The molecule has 1 saturated heterocycles. The minimum atomic E-state index is -4.22. The van der Waals surface area contributed by atoms with Crippen molar-refractivity contribution in [2.45, 2.75) is 51.1 Å². The largest absolute Gasteiger partial charge is 0.391 e. The minimum Gasteiger partial charge on any atom is -0.370 e. The van der Waals surface area contributed by atoms with Gasteiger partial charge in [0.25, 0.3) is 0 Å². The number of nitrogens with one attached hydrogen (secondary N) is 1. The SMILES string of the molecule is O=C(Nc1ccc(N2CCCCC2)c(Cl)c1)C1CCCC(C(F)(F)F)C1. The molecule has 7 heteroatoms. The predicted octanol–water partition coefficient (Wildman–Crippen LogP) is 5.64. The number of anilines is 2. The van der Waals surface area contributed by atoms with E-state index in [1.54, 1.807) is 12.1 Å². The highest BCUT2D eigenvalue weighted by Crippen LogP contribution is 2.40. The van der Waals surface area contributed by atoms with E-state index in [1.807, 2.05) is 6.07 Å². The van der Waals surface area contributed by atoms with Crippen molar-refractivity contribution in [1.82, 2.24) is 0 Å². The molecule has 1 aliphatic carbocycles. The molecule has 2 atom stereocenters. The molecule has 2 aliphatic rings. The molecule has 2 unspecified atom stereocenters. The Hall–Kier alpha value is -1.43. The van der Waals surface area contributed by atoms with Gasteiger partial charge in [0.2, 0.25) is 5.91 Å². The first-order chi connectivity index (χ1) is 12.3. The number of carbonyl (C=O) groups excluding carboxylic acids is 1. The van der Waals surface area contributed by atoms with Crippen LogP contribution in [0.3, 0.4) is 0 Å². The first kappa shape index (κ1) is 19.3. The molecular weight excluding hydrogens is 365 g/mol. The highest BCUT2D eigenvalue weighted by Gasteiger charge is 2.43. The van der Waals surface area contributed by atoms with Crippen LogP contribution in [0.2, 0.25) is 5.02 Å². The average Bonchev–Trinajstić information content (AvgIpc) is 2.62. The molecule has 3 rings (SSSR count). The van der Waals surface area contributed by atoms with Gasteiger partial charge >= 0.3 is 6.18 Å². The molecule has 1 amide bonds. The fourth-order valence-corrected chi connectivity index (χ4v) is 4.25. The molecule has 1 N–H and O–H groups in total. The lowest BCUT2D eigenvalue weighted by atomic mass is 9.80. The summed E-state index contributed by atoms with van der Waals surface area (Å²) in [5, 5.41) is 3.30. The summed E-state index contributed by atoms with van der Waals surface area (Å²) in [5.41, 5.74) is 1.48. The van der Waals surface area contributed by atoms with E-state index in [9.17, 15) is 18.0 Å². The van der Waals surface area contributed by atoms with Crippen LogP contribution in [-0.4, -0.2) is 25.2 Å². The molecule has 3 nitrogen and oxygen atoms in total. The van der Waals surface area contributed by atoms with Crippen LogP contribution in [0.1, 0.15) is 44.9 Å². The fraction of sp³-hybridized carbons (Fsp3) is 0.632. The van der Waals surface area contributed by atoms with Gasteiger partial charge in [-0.15, -0.1) is 0 Å². The topological polar surface area (TPSA) is 32.3 Å². The maximum Gasteiger partial charge on any atom is 0.391 e.